The first kappa shape index (κ1) is 25.4. The summed E-state index contributed by atoms with van der Waals surface area (Å²) in [6.07, 6.45) is 0. The highest BCUT2D eigenvalue weighted by Gasteiger charge is 2.19. The lowest BCUT2D eigenvalue weighted by molar-refractivity contribution is 1.63. The predicted octanol–water partition coefficient (Wildman–Crippen LogP) is 13.0. The predicted molar refractivity (Wildman–Crippen MR) is 199 cm³/mol. The molecule has 46 heavy (non-hydrogen) atoms. The SMILES string of the molecule is c1ccc(-c2cc3ccccc3cc2-c2ccc3c4cccc5c(-c6cccc7ccccc67)ccc(c6cccc2c36)c54)cc1. The molecule has 0 aromatic heterocycles. The Morgan fingerprint density at radius 1 is 0.217 bits per heavy atom. The van der Waals surface area contributed by atoms with Crippen molar-refractivity contribution in [3.63, 3.8) is 0 Å². The Morgan fingerprint density at radius 3 is 1.33 bits per heavy atom. The maximum Gasteiger partial charge on any atom is -0.00201 e. The highest BCUT2D eigenvalue weighted by Crippen LogP contribution is 2.47. The molecule has 0 aliphatic heterocycles. The van der Waals surface area contributed by atoms with Gasteiger partial charge in [-0.25, -0.2) is 0 Å². The van der Waals surface area contributed by atoms with Gasteiger partial charge in [0, 0.05) is 0 Å². The first-order valence-corrected chi connectivity index (χ1v) is 16.0. The van der Waals surface area contributed by atoms with Gasteiger partial charge in [-0.2, -0.15) is 0 Å². The van der Waals surface area contributed by atoms with E-state index in [0.717, 1.165) is 0 Å². The highest BCUT2D eigenvalue weighted by atomic mass is 14.2. The molecule has 0 unspecified atom stereocenters. The van der Waals surface area contributed by atoms with Crippen molar-refractivity contribution in [1.82, 2.24) is 0 Å². The van der Waals surface area contributed by atoms with E-state index in [4.69, 9.17) is 0 Å². The fraction of sp³-hybridized carbons (Fsp3) is 0. The van der Waals surface area contributed by atoms with Gasteiger partial charge in [-0.1, -0.05) is 158 Å². The summed E-state index contributed by atoms with van der Waals surface area (Å²) in [4.78, 5) is 0. The van der Waals surface area contributed by atoms with E-state index in [1.54, 1.807) is 0 Å². The summed E-state index contributed by atoms with van der Waals surface area (Å²) in [5, 5.41) is 15.6. The maximum absolute atomic E-state index is 2.38. The van der Waals surface area contributed by atoms with E-state index >= 15 is 0 Å². The van der Waals surface area contributed by atoms with Gasteiger partial charge in [-0.05, 0) is 110 Å². The first-order chi connectivity index (χ1) is 22.8. The normalized spacial score (nSPS) is 11.9. The summed E-state index contributed by atoms with van der Waals surface area (Å²) in [5.41, 5.74) is 7.61. The van der Waals surface area contributed by atoms with Gasteiger partial charge in [-0.15, -0.1) is 0 Å². The van der Waals surface area contributed by atoms with E-state index in [2.05, 4.69) is 170 Å². The smallest absolute Gasteiger partial charge is 0.00201 e. The Bertz CT molecular complexity index is 2760. The number of hydrogen-bond acceptors (Lipinski definition) is 0. The van der Waals surface area contributed by atoms with E-state index in [0.29, 0.717) is 0 Å². The molecular weight excluding hydrogens is 553 g/mol. The lowest BCUT2D eigenvalue weighted by Crippen LogP contribution is -1.92. The average molecular weight is 581 g/mol. The molecule has 0 saturated carbocycles. The zero-order chi connectivity index (χ0) is 30.2. The summed E-state index contributed by atoms with van der Waals surface area (Å²) in [7, 11) is 0. The molecule has 0 atom stereocenters. The van der Waals surface area contributed by atoms with Crippen LogP contribution in [0.1, 0.15) is 0 Å². The zero-order valence-corrected chi connectivity index (χ0v) is 25.2. The summed E-state index contributed by atoms with van der Waals surface area (Å²) in [5.74, 6) is 0. The molecule has 0 saturated heterocycles. The van der Waals surface area contributed by atoms with Gasteiger partial charge in [-0.3, -0.25) is 0 Å². The second-order valence-corrected chi connectivity index (χ2v) is 12.4. The van der Waals surface area contributed by atoms with Crippen molar-refractivity contribution in [2.75, 3.05) is 0 Å². The molecule has 0 bridgehead atoms. The molecule has 0 radical (unpaired) electrons. The number of hydrogen-bond donors (Lipinski definition) is 0. The molecule has 0 aliphatic rings. The van der Waals surface area contributed by atoms with Crippen LogP contribution in [0.5, 0.6) is 0 Å². The third-order valence-corrected chi connectivity index (χ3v) is 10.0. The van der Waals surface area contributed by atoms with E-state index in [9.17, 15) is 0 Å². The van der Waals surface area contributed by atoms with Crippen LogP contribution in [0, 0.1) is 0 Å². The van der Waals surface area contributed by atoms with Crippen LogP contribution in [-0.2, 0) is 0 Å². The lowest BCUT2D eigenvalue weighted by Gasteiger charge is -2.20. The minimum Gasteiger partial charge on any atom is -0.0622 e. The molecule has 0 heterocycles. The first-order valence-electron chi connectivity index (χ1n) is 16.0. The molecule has 10 aromatic carbocycles. The molecule has 0 fully saturated rings. The van der Waals surface area contributed by atoms with E-state index < -0.39 is 0 Å². The molecule has 0 nitrogen and oxygen atoms in total. The Labute approximate surface area is 267 Å². The zero-order valence-electron chi connectivity index (χ0n) is 25.2. The van der Waals surface area contributed by atoms with Crippen LogP contribution in [0.2, 0.25) is 0 Å². The minimum atomic E-state index is 1.24. The van der Waals surface area contributed by atoms with Crippen molar-refractivity contribution >= 4 is 64.6 Å². The Kier molecular flexibility index (Phi) is 5.38. The van der Waals surface area contributed by atoms with Crippen LogP contribution in [0.3, 0.4) is 0 Å². The Balaban J connectivity index is 1.29. The van der Waals surface area contributed by atoms with Gasteiger partial charge >= 0.3 is 0 Å². The average Bonchev–Trinajstić information content (AvgIpc) is 3.13. The maximum atomic E-state index is 2.38. The Hall–Kier alpha value is -5.98. The number of benzene rings is 10. The molecular formula is C46H28. The van der Waals surface area contributed by atoms with Crippen molar-refractivity contribution in [1.29, 1.82) is 0 Å². The third-order valence-electron chi connectivity index (χ3n) is 10.0. The van der Waals surface area contributed by atoms with Crippen molar-refractivity contribution in [3.05, 3.63) is 170 Å². The van der Waals surface area contributed by atoms with Crippen LogP contribution in [0.25, 0.3) is 98.0 Å². The van der Waals surface area contributed by atoms with Gasteiger partial charge in [0.2, 0.25) is 0 Å². The van der Waals surface area contributed by atoms with Crippen molar-refractivity contribution < 1.29 is 0 Å². The monoisotopic (exact) mass is 580 g/mol. The van der Waals surface area contributed by atoms with Gasteiger partial charge in [0.05, 0.1) is 0 Å². The molecule has 0 heteroatoms. The fourth-order valence-corrected chi connectivity index (χ4v) is 7.96. The molecule has 0 spiro atoms. The van der Waals surface area contributed by atoms with E-state index in [1.165, 1.54) is 98.0 Å². The van der Waals surface area contributed by atoms with Gasteiger partial charge < -0.3 is 0 Å². The molecule has 0 amide bonds. The van der Waals surface area contributed by atoms with Crippen molar-refractivity contribution in [3.8, 4) is 33.4 Å². The largest absolute Gasteiger partial charge is 0.0622 e. The second-order valence-electron chi connectivity index (χ2n) is 12.4. The summed E-state index contributed by atoms with van der Waals surface area (Å²) >= 11 is 0. The van der Waals surface area contributed by atoms with Gasteiger partial charge in [0.25, 0.3) is 0 Å². The van der Waals surface area contributed by atoms with E-state index in [1.807, 2.05) is 0 Å². The standard InChI is InChI=1S/C46H28/c1-2-11-30(12-3-1)43-27-31-14-4-5-15-32(31)28-44(43)36-24-26-42-39-21-9-19-37-35(34-18-8-16-29-13-6-7-17-33(29)34)23-25-41(45(37)39)40-22-10-20-38(36)46(40)42/h1-28H. The minimum absolute atomic E-state index is 1.24. The van der Waals surface area contributed by atoms with Crippen LogP contribution < -0.4 is 0 Å². The van der Waals surface area contributed by atoms with Crippen molar-refractivity contribution in [2.24, 2.45) is 0 Å². The molecule has 10 rings (SSSR count). The molecule has 0 aliphatic carbocycles. The van der Waals surface area contributed by atoms with E-state index in [-0.39, 0.29) is 0 Å². The summed E-state index contributed by atoms with van der Waals surface area (Å²) in [6.45, 7) is 0. The molecule has 10 aromatic rings. The Morgan fingerprint density at radius 2 is 0.652 bits per heavy atom. The van der Waals surface area contributed by atoms with Crippen LogP contribution in [0.15, 0.2) is 170 Å². The third kappa shape index (κ3) is 3.62. The van der Waals surface area contributed by atoms with Crippen LogP contribution >= 0.6 is 0 Å². The van der Waals surface area contributed by atoms with Crippen LogP contribution in [0.4, 0.5) is 0 Å². The second kappa shape index (κ2) is 9.76. The topological polar surface area (TPSA) is 0 Å². The van der Waals surface area contributed by atoms with Gasteiger partial charge in [0.1, 0.15) is 0 Å². The van der Waals surface area contributed by atoms with Crippen LogP contribution in [-0.4, -0.2) is 0 Å². The lowest BCUT2D eigenvalue weighted by atomic mass is 9.83. The number of rotatable bonds is 3. The van der Waals surface area contributed by atoms with Gasteiger partial charge in [0.15, 0.2) is 0 Å². The number of fused-ring (bicyclic) bond motifs is 4. The van der Waals surface area contributed by atoms with Crippen molar-refractivity contribution in [2.45, 2.75) is 0 Å². The fourth-order valence-electron chi connectivity index (χ4n) is 7.96. The molecule has 0 N–H and O–H groups in total. The summed E-state index contributed by atoms with van der Waals surface area (Å²) in [6, 6.07) is 62.8. The summed E-state index contributed by atoms with van der Waals surface area (Å²) < 4.78 is 0. The highest BCUT2D eigenvalue weighted by molar-refractivity contribution is 6.35. The quantitative estimate of drug-likeness (QED) is 0.144. The molecule has 212 valence electrons.